The number of amides is 2. The first kappa shape index (κ1) is 22.9. The van der Waals surface area contributed by atoms with E-state index in [1.54, 1.807) is 18.3 Å². The van der Waals surface area contributed by atoms with Crippen molar-refractivity contribution in [2.45, 2.75) is 39.7 Å². The van der Waals surface area contributed by atoms with Gasteiger partial charge in [0, 0.05) is 23.0 Å². The molecule has 1 aliphatic heterocycles. The van der Waals surface area contributed by atoms with Crippen molar-refractivity contribution in [2.75, 3.05) is 23.7 Å². The number of aryl methyl sites for hydroxylation is 3. The lowest BCUT2D eigenvalue weighted by Crippen LogP contribution is -2.42. The average Bonchev–Trinajstić information content (AvgIpc) is 3.25. The Labute approximate surface area is 198 Å². The molecule has 33 heavy (non-hydrogen) atoms. The summed E-state index contributed by atoms with van der Waals surface area (Å²) in [5.74, 6) is -0.265. The monoisotopic (exact) mass is 463 g/mol. The van der Waals surface area contributed by atoms with Crippen LogP contribution in [0.5, 0.6) is 0 Å². The maximum absolute atomic E-state index is 12.8. The Balaban J connectivity index is 1.41. The Morgan fingerprint density at radius 2 is 1.76 bits per heavy atom. The number of piperidine rings is 1. The minimum Gasteiger partial charge on any atom is -0.349 e. The summed E-state index contributed by atoms with van der Waals surface area (Å²) in [4.78, 5) is 30.3. The topological polar surface area (TPSA) is 95.2 Å². The van der Waals surface area contributed by atoms with Crippen molar-refractivity contribution in [3.63, 3.8) is 0 Å². The van der Waals surface area contributed by atoms with Gasteiger partial charge in [-0.3, -0.25) is 9.59 Å². The summed E-state index contributed by atoms with van der Waals surface area (Å²) >= 11 is 1.27. The molecule has 4 N–H and O–H groups in total. The Morgan fingerprint density at radius 1 is 1.03 bits per heavy atom. The van der Waals surface area contributed by atoms with Gasteiger partial charge in [0.05, 0.1) is 6.20 Å². The Morgan fingerprint density at radius 3 is 2.48 bits per heavy atom. The molecule has 1 saturated heterocycles. The average molecular weight is 464 g/mol. The standard InChI is InChI=1S/C25H29N5O2S/c1-15-11-16(2)22(17(3)12-15)30-24(32)21-14-27-25(33-21)29-20-6-4-5-18(13-20)23(31)28-19-7-9-26-10-8-19/h4-6,11-14,19,26H,7-10H2,1-3H3,(H,27,29)(H,28,31)(H,30,32). The van der Waals surface area contributed by atoms with Gasteiger partial charge in [0.1, 0.15) is 4.88 Å². The van der Waals surface area contributed by atoms with Crippen molar-refractivity contribution in [2.24, 2.45) is 0 Å². The minimum atomic E-state index is -0.189. The highest BCUT2D eigenvalue weighted by Crippen LogP contribution is 2.26. The molecule has 3 aromatic rings. The molecule has 0 spiro atoms. The van der Waals surface area contributed by atoms with Gasteiger partial charge in [0.2, 0.25) is 0 Å². The van der Waals surface area contributed by atoms with Crippen molar-refractivity contribution in [1.82, 2.24) is 15.6 Å². The molecule has 2 aromatic carbocycles. The number of carbonyl (C=O) groups excluding carboxylic acids is 2. The summed E-state index contributed by atoms with van der Waals surface area (Å²) in [6.45, 7) is 7.87. The van der Waals surface area contributed by atoms with Crippen molar-refractivity contribution in [1.29, 1.82) is 0 Å². The summed E-state index contributed by atoms with van der Waals surface area (Å²) in [7, 11) is 0. The maximum Gasteiger partial charge on any atom is 0.267 e. The predicted octanol–water partition coefficient (Wildman–Crippen LogP) is 4.55. The molecule has 2 heterocycles. The lowest BCUT2D eigenvalue weighted by molar-refractivity contribution is 0.0929. The van der Waals surface area contributed by atoms with Gasteiger partial charge in [-0.15, -0.1) is 0 Å². The van der Waals surface area contributed by atoms with Crippen LogP contribution < -0.4 is 21.3 Å². The lowest BCUT2D eigenvalue weighted by Gasteiger charge is -2.23. The molecule has 0 bridgehead atoms. The van der Waals surface area contributed by atoms with E-state index in [9.17, 15) is 9.59 Å². The van der Waals surface area contributed by atoms with E-state index in [1.165, 1.54) is 16.9 Å². The number of hydrogen-bond acceptors (Lipinski definition) is 6. The fourth-order valence-electron chi connectivity index (χ4n) is 4.09. The number of nitrogens with one attached hydrogen (secondary N) is 4. The SMILES string of the molecule is Cc1cc(C)c(NC(=O)c2cnc(Nc3cccc(C(=O)NC4CCNCC4)c3)s2)c(C)c1. The van der Waals surface area contributed by atoms with Gasteiger partial charge in [-0.2, -0.15) is 0 Å². The highest BCUT2D eigenvalue weighted by atomic mass is 32.1. The molecule has 1 aromatic heterocycles. The molecule has 4 rings (SSSR count). The molecular weight excluding hydrogens is 434 g/mol. The molecule has 0 radical (unpaired) electrons. The van der Waals surface area contributed by atoms with Gasteiger partial charge in [-0.25, -0.2) is 4.98 Å². The van der Waals surface area contributed by atoms with E-state index in [4.69, 9.17) is 0 Å². The lowest BCUT2D eigenvalue weighted by atomic mass is 10.1. The summed E-state index contributed by atoms with van der Waals surface area (Å²) < 4.78 is 0. The van der Waals surface area contributed by atoms with Gasteiger partial charge in [0.25, 0.3) is 11.8 Å². The molecule has 0 unspecified atom stereocenters. The van der Waals surface area contributed by atoms with Gasteiger partial charge in [-0.05, 0) is 76.0 Å². The molecule has 2 amide bonds. The first-order chi connectivity index (χ1) is 15.9. The number of benzene rings is 2. The zero-order chi connectivity index (χ0) is 23.4. The Hall–Kier alpha value is -3.23. The smallest absolute Gasteiger partial charge is 0.267 e. The van der Waals surface area contributed by atoms with Gasteiger partial charge < -0.3 is 21.3 Å². The van der Waals surface area contributed by atoms with Crippen LogP contribution in [-0.4, -0.2) is 35.9 Å². The zero-order valence-electron chi connectivity index (χ0n) is 19.1. The maximum atomic E-state index is 12.8. The van der Waals surface area contributed by atoms with Crippen LogP contribution in [0.4, 0.5) is 16.5 Å². The van der Waals surface area contributed by atoms with Crippen molar-refractivity contribution in [3.05, 3.63) is 69.7 Å². The minimum absolute atomic E-state index is 0.0754. The number of anilines is 3. The van der Waals surface area contributed by atoms with E-state index >= 15 is 0 Å². The first-order valence-corrected chi connectivity index (χ1v) is 11.9. The van der Waals surface area contributed by atoms with E-state index in [2.05, 4.69) is 38.4 Å². The third kappa shape index (κ3) is 5.77. The fourth-order valence-corrected chi connectivity index (χ4v) is 4.82. The quantitative estimate of drug-likeness (QED) is 0.430. The second-order valence-corrected chi connectivity index (χ2v) is 9.49. The molecule has 0 saturated carbocycles. The van der Waals surface area contributed by atoms with Crippen LogP contribution in [-0.2, 0) is 0 Å². The van der Waals surface area contributed by atoms with E-state index in [-0.39, 0.29) is 17.9 Å². The molecular formula is C25H29N5O2S. The van der Waals surface area contributed by atoms with Crippen LogP contribution in [0.25, 0.3) is 0 Å². The Kier molecular flexibility index (Phi) is 7.05. The normalized spacial score (nSPS) is 14.0. The Bertz CT molecular complexity index is 1140. The first-order valence-electron chi connectivity index (χ1n) is 11.1. The molecule has 8 heteroatoms. The third-order valence-electron chi connectivity index (χ3n) is 5.70. The van der Waals surface area contributed by atoms with Crippen LogP contribution in [0, 0.1) is 20.8 Å². The van der Waals surface area contributed by atoms with E-state index in [0.717, 1.165) is 48.4 Å². The van der Waals surface area contributed by atoms with E-state index in [0.29, 0.717) is 15.6 Å². The van der Waals surface area contributed by atoms with Crippen molar-refractivity contribution in [3.8, 4) is 0 Å². The van der Waals surface area contributed by atoms with E-state index < -0.39 is 0 Å². The molecule has 172 valence electrons. The third-order valence-corrected chi connectivity index (χ3v) is 6.61. The second kappa shape index (κ2) is 10.1. The summed E-state index contributed by atoms with van der Waals surface area (Å²) in [6.07, 6.45) is 3.44. The molecule has 0 atom stereocenters. The highest BCUT2D eigenvalue weighted by Gasteiger charge is 2.17. The summed E-state index contributed by atoms with van der Waals surface area (Å²) in [6, 6.07) is 11.6. The summed E-state index contributed by atoms with van der Waals surface area (Å²) in [5.41, 5.74) is 5.41. The number of carbonyl (C=O) groups is 2. The molecule has 7 nitrogen and oxygen atoms in total. The van der Waals surface area contributed by atoms with Crippen LogP contribution in [0.15, 0.2) is 42.6 Å². The fraction of sp³-hybridized carbons (Fsp3) is 0.320. The second-order valence-electron chi connectivity index (χ2n) is 8.46. The highest BCUT2D eigenvalue weighted by molar-refractivity contribution is 7.17. The van der Waals surface area contributed by atoms with Crippen molar-refractivity contribution < 1.29 is 9.59 Å². The number of nitrogens with zero attached hydrogens (tertiary/aromatic N) is 1. The number of thiazole rings is 1. The molecule has 1 fully saturated rings. The van der Waals surface area contributed by atoms with Gasteiger partial charge >= 0.3 is 0 Å². The van der Waals surface area contributed by atoms with Crippen LogP contribution >= 0.6 is 11.3 Å². The molecule has 1 aliphatic rings. The van der Waals surface area contributed by atoms with Gasteiger partial charge in [-0.1, -0.05) is 35.1 Å². The van der Waals surface area contributed by atoms with Crippen LogP contribution in [0.3, 0.4) is 0 Å². The van der Waals surface area contributed by atoms with E-state index in [1.807, 2.05) is 32.9 Å². The van der Waals surface area contributed by atoms with Crippen LogP contribution in [0.2, 0.25) is 0 Å². The molecule has 0 aliphatic carbocycles. The summed E-state index contributed by atoms with van der Waals surface area (Å²) in [5, 5.41) is 13.2. The van der Waals surface area contributed by atoms with Crippen LogP contribution in [0.1, 0.15) is 49.6 Å². The van der Waals surface area contributed by atoms with Crippen molar-refractivity contribution >= 4 is 39.7 Å². The number of hydrogen-bond donors (Lipinski definition) is 4. The largest absolute Gasteiger partial charge is 0.349 e. The predicted molar refractivity (Wildman–Crippen MR) is 134 cm³/mol. The number of rotatable bonds is 6. The zero-order valence-corrected chi connectivity index (χ0v) is 19.9. The number of aromatic nitrogens is 1. The van der Waals surface area contributed by atoms with Gasteiger partial charge in [0.15, 0.2) is 5.13 Å².